The van der Waals surface area contributed by atoms with E-state index in [1.165, 1.54) is 18.2 Å². The Bertz CT molecular complexity index is 773. The summed E-state index contributed by atoms with van der Waals surface area (Å²) in [5.41, 5.74) is -0.169. The molecule has 3 amide bonds. The minimum atomic E-state index is -0.744. The van der Waals surface area contributed by atoms with E-state index in [0.29, 0.717) is 0 Å². The number of anilines is 1. The number of amides is 3. The van der Waals surface area contributed by atoms with Gasteiger partial charge < -0.3 is 4.42 Å². The number of halogens is 1. The summed E-state index contributed by atoms with van der Waals surface area (Å²) in [4.78, 5) is 35.9. The van der Waals surface area contributed by atoms with Gasteiger partial charge in [-0.1, -0.05) is 17.2 Å². The van der Waals surface area contributed by atoms with Gasteiger partial charge in [-0.05, 0) is 12.1 Å². The van der Waals surface area contributed by atoms with Crippen molar-refractivity contribution in [1.82, 2.24) is 15.1 Å². The lowest BCUT2D eigenvalue weighted by Crippen LogP contribution is -2.28. The zero-order valence-corrected chi connectivity index (χ0v) is 11.8. The third kappa shape index (κ3) is 3.07. The van der Waals surface area contributed by atoms with Crippen LogP contribution in [0.1, 0.15) is 29.1 Å². The zero-order valence-electron chi connectivity index (χ0n) is 11.8. The van der Waals surface area contributed by atoms with Crippen molar-refractivity contribution < 1.29 is 23.2 Å². The van der Waals surface area contributed by atoms with E-state index in [1.807, 2.05) is 0 Å². The van der Waals surface area contributed by atoms with Gasteiger partial charge in [-0.15, -0.1) is 5.10 Å². The fourth-order valence-electron chi connectivity index (χ4n) is 2.11. The molecule has 1 aromatic heterocycles. The minimum absolute atomic E-state index is 0.00238. The van der Waals surface area contributed by atoms with Crippen molar-refractivity contribution in [2.75, 3.05) is 5.32 Å². The van der Waals surface area contributed by atoms with Crippen LogP contribution in [-0.4, -0.2) is 32.8 Å². The summed E-state index contributed by atoms with van der Waals surface area (Å²) in [5, 5.41) is 9.49. The molecule has 1 fully saturated rings. The van der Waals surface area contributed by atoms with Gasteiger partial charge in [-0.3, -0.25) is 24.6 Å². The van der Waals surface area contributed by atoms with Crippen LogP contribution in [0.5, 0.6) is 0 Å². The van der Waals surface area contributed by atoms with Crippen LogP contribution in [0.2, 0.25) is 0 Å². The molecule has 9 heteroatoms. The van der Waals surface area contributed by atoms with E-state index >= 15 is 0 Å². The van der Waals surface area contributed by atoms with Gasteiger partial charge in [0.1, 0.15) is 12.4 Å². The molecule has 0 bridgehead atoms. The highest BCUT2D eigenvalue weighted by Gasteiger charge is 2.30. The first-order valence-electron chi connectivity index (χ1n) is 6.76. The number of nitrogens with zero attached hydrogens (tertiary/aromatic N) is 3. The third-order valence-electron chi connectivity index (χ3n) is 3.25. The summed E-state index contributed by atoms with van der Waals surface area (Å²) in [5.74, 6) is -2.06. The smallest absolute Gasteiger partial charge is 0.322 e. The number of imide groups is 1. The molecule has 1 aliphatic rings. The summed E-state index contributed by atoms with van der Waals surface area (Å²) in [6.07, 6.45) is 0.313. The molecule has 1 saturated heterocycles. The van der Waals surface area contributed by atoms with Crippen LogP contribution in [0.3, 0.4) is 0 Å². The summed E-state index contributed by atoms with van der Waals surface area (Å²) < 4.78 is 18.6. The summed E-state index contributed by atoms with van der Waals surface area (Å²) >= 11 is 0. The minimum Gasteiger partial charge on any atom is -0.406 e. The second-order valence-electron chi connectivity index (χ2n) is 4.81. The maximum absolute atomic E-state index is 13.5. The molecule has 2 aromatic rings. The van der Waals surface area contributed by atoms with E-state index in [1.54, 1.807) is 0 Å². The number of nitrogens with one attached hydrogen (secondary N) is 1. The third-order valence-corrected chi connectivity index (χ3v) is 3.25. The quantitative estimate of drug-likeness (QED) is 0.847. The Morgan fingerprint density at radius 2 is 1.91 bits per heavy atom. The Morgan fingerprint density at radius 1 is 1.22 bits per heavy atom. The largest absolute Gasteiger partial charge is 0.406 e. The standard InChI is InChI=1S/C14H11FN4O4/c15-9-4-2-1-3-8(9)13(22)16-14-18-17-10(23-14)7-19-11(20)5-6-12(19)21/h1-4H,5-7H2,(H,16,18,22). The normalized spacial score (nSPS) is 14.4. The molecular weight excluding hydrogens is 307 g/mol. The molecule has 0 radical (unpaired) electrons. The molecule has 0 spiro atoms. The molecule has 23 heavy (non-hydrogen) atoms. The molecule has 8 nitrogen and oxygen atoms in total. The highest BCUT2D eigenvalue weighted by Crippen LogP contribution is 2.17. The van der Waals surface area contributed by atoms with Crippen molar-refractivity contribution in [2.45, 2.75) is 19.4 Å². The predicted molar refractivity (Wildman–Crippen MR) is 73.4 cm³/mol. The molecule has 0 aliphatic carbocycles. The summed E-state index contributed by atoms with van der Waals surface area (Å²) in [7, 11) is 0. The predicted octanol–water partition coefficient (Wildman–Crippen LogP) is 1.11. The topological polar surface area (TPSA) is 105 Å². The van der Waals surface area contributed by atoms with E-state index in [-0.39, 0.29) is 48.7 Å². The fraction of sp³-hybridized carbons (Fsp3) is 0.214. The average molecular weight is 318 g/mol. The number of hydrogen-bond acceptors (Lipinski definition) is 6. The average Bonchev–Trinajstić information content (AvgIpc) is 3.09. The van der Waals surface area contributed by atoms with Gasteiger partial charge in [-0.25, -0.2) is 4.39 Å². The van der Waals surface area contributed by atoms with Crippen molar-refractivity contribution in [2.24, 2.45) is 0 Å². The van der Waals surface area contributed by atoms with E-state index in [4.69, 9.17) is 4.42 Å². The van der Waals surface area contributed by atoms with Crippen LogP contribution < -0.4 is 5.32 Å². The van der Waals surface area contributed by atoms with Crippen LogP contribution in [0.4, 0.5) is 10.4 Å². The number of rotatable bonds is 4. The van der Waals surface area contributed by atoms with Crippen molar-refractivity contribution in [1.29, 1.82) is 0 Å². The second kappa shape index (κ2) is 5.95. The molecule has 0 unspecified atom stereocenters. The van der Waals surface area contributed by atoms with Crippen LogP contribution in [-0.2, 0) is 16.1 Å². The number of likely N-dealkylation sites (tertiary alicyclic amines) is 1. The molecule has 0 saturated carbocycles. The Kier molecular flexibility index (Phi) is 3.83. The number of carbonyl (C=O) groups excluding carboxylic acids is 3. The highest BCUT2D eigenvalue weighted by molar-refractivity contribution is 6.03. The lowest BCUT2D eigenvalue weighted by atomic mass is 10.2. The van der Waals surface area contributed by atoms with Crippen molar-refractivity contribution in [3.8, 4) is 0 Å². The van der Waals surface area contributed by atoms with E-state index in [2.05, 4.69) is 15.5 Å². The lowest BCUT2D eigenvalue weighted by Gasteiger charge is -2.09. The number of carbonyl (C=O) groups is 3. The van der Waals surface area contributed by atoms with Gasteiger partial charge in [0.05, 0.1) is 5.56 Å². The molecule has 1 aromatic carbocycles. The van der Waals surface area contributed by atoms with Gasteiger partial charge in [0.25, 0.3) is 5.91 Å². The number of hydrogen-bond donors (Lipinski definition) is 1. The number of aromatic nitrogens is 2. The van der Waals surface area contributed by atoms with Crippen LogP contribution in [0.25, 0.3) is 0 Å². The second-order valence-corrected chi connectivity index (χ2v) is 4.81. The molecule has 1 N–H and O–H groups in total. The Morgan fingerprint density at radius 3 is 2.61 bits per heavy atom. The molecule has 3 rings (SSSR count). The van der Waals surface area contributed by atoms with E-state index in [0.717, 1.165) is 11.0 Å². The fourth-order valence-corrected chi connectivity index (χ4v) is 2.11. The first kappa shape index (κ1) is 14.8. The zero-order chi connectivity index (χ0) is 16.4. The monoisotopic (exact) mass is 318 g/mol. The Labute approximate surface area is 129 Å². The summed E-state index contributed by atoms with van der Waals surface area (Å²) in [6, 6.07) is 5.19. The van der Waals surface area contributed by atoms with Crippen molar-refractivity contribution in [3.63, 3.8) is 0 Å². The molecular formula is C14H11FN4O4. The van der Waals surface area contributed by atoms with Crippen LogP contribution >= 0.6 is 0 Å². The summed E-state index contributed by atoms with van der Waals surface area (Å²) in [6.45, 7) is -0.153. The van der Waals surface area contributed by atoms with Gasteiger partial charge in [0.15, 0.2) is 0 Å². The van der Waals surface area contributed by atoms with E-state index < -0.39 is 11.7 Å². The van der Waals surface area contributed by atoms with Gasteiger partial charge in [0.2, 0.25) is 17.7 Å². The molecule has 2 heterocycles. The van der Waals surface area contributed by atoms with Gasteiger partial charge in [-0.2, -0.15) is 0 Å². The van der Waals surface area contributed by atoms with E-state index in [9.17, 15) is 18.8 Å². The SMILES string of the molecule is O=C(Nc1nnc(CN2C(=O)CCC2=O)o1)c1ccccc1F. The van der Waals surface area contributed by atoms with Crippen molar-refractivity contribution in [3.05, 3.63) is 41.5 Å². The van der Waals surface area contributed by atoms with Gasteiger partial charge in [0, 0.05) is 12.8 Å². The molecule has 118 valence electrons. The first-order valence-corrected chi connectivity index (χ1v) is 6.76. The number of benzene rings is 1. The Balaban J connectivity index is 1.68. The Hall–Kier alpha value is -3.10. The molecule has 1 aliphatic heterocycles. The first-order chi connectivity index (χ1) is 11.0. The van der Waals surface area contributed by atoms with Crippen molar-refractivity contribution >= 4 is 23.7 Å². The van der Waals surface area contributed by atoms with Crippen LogP contribution in [0.15, 0.2) is 28.7 Å². The lowest BCUT2D eigenvalue weighted by molar-refractivity contribution is -0.139. The van der Waals surface area contributed by atoms with Crippen LogP contribution in [0, 0.1) is 5.82 Å². The highest BCUT2D eigenvalue weighted by atomic mass is 19.1. The molecule has 0 atom stereocenters. The maximum atomic E-state index is 13.5. The van der Waals surface area contributed by atoms with Gasteiger partial charge >= 0.3 is 6.01 Å². The maximum Gasteiger partial charge on any atom is 0.322 e.